The molecule has 6 rings (SSSR count). The normalized spacial score (nSPS) is 18.8. The standard InChI is InChI=1S/C26H29N5O3/c1-28-25(33)22-23(30(26(28)34)14-17-11-12-17)27-31(24(22)29-13-5-9-20(32)16-29)15-19-8-4-7-18-6-2-3-10-21(18)19/h2-4,6-8,10,17,20,32H,5,9,11-16H2,1H3. The van der Waals surface area contributed by atoms with E-state index in [0.29, 0.717) is 42.4 Å². The Morgan fingerprint density at radius 2 is 1.85 bits per heavy atom. The van der Waals surface area contributed by atoms with Gasteiger partial charge in [0.2, 0.25) is 0 Å². The molecule has 2 aromatic carbocycles. The van der Waals surface area contributed by atoms with E-state index in [9.17, 15) is 14.7 Å². The van der Waals surface area contributed by atoms with Crippen molar-refractivity contribution in [1.82, 2.24) is 18.9 Å². The molecule has 0 spiro atoms. The molecule has 2 fully saturated rings. The van der Waals surface area contributed by atoms with Crippen molar-refractivity contribution < 1.29 is 5.11 Å². The highest BCUT2D eigenvalue weighted by Gasteiger charge is 2.30. The van der Waals surface area contributed by atoms with Crippen molar-refractivity contribution in [3.63, 3.8) is 0 Å². The second-order valence-corrected chi connectivity index (χ2v) is 9.76. The number of piperidine rings is 1. The van der Waals surface area contributed by atoms with E-state index < -0.39 is 6.10 Å². The second-order valence-electron chi connectivity index (χ2n) is 9.76. The first-order chi connectivity index (χ1) is 16.5. The molecule has 34 heavy (non-hydrogen) atoms. The lowest BCUT2D eigenvalue weighted by Gasteiger charge is -2.32. The van der Waals surface area contributed by atoms with Gasteiger partial charge in [-0.25, -0.2) is 9.48 Å². The van der Waals surface area contributed by atoms with Crippen LogP contribution < -0.4 is 16.1 Å². The van der Waals surface area contributed by atoms with Gasteiger partial charge in [-0.15, -0.1) is 0 Å². The number of aliphatic hydroxyl groups is 1. The SMILES string of the molecule is Cn1c(=O)c2c(N3CCCC(O)C3)n(Cc3cccc4ccccc34)nc2n(CC2CC2)c1=O. The molecule has 1 unspecified atom stereocenters. The van der Waals surface area contributed by atoms with Crippen molar-refractivity contribution in [1.29, 1.82) is 0 Å². The van der Waals surface area contributed by atoms with Crippen LogP contribution in [0.5, 0.6) is 0 Å². The average molecular weight is 460 g/mol. The number of rotatable bonds is 5. The molecule has 0 bridgehead atoms. The minimum absolute atomic E-state index is 0.315. The highest BCUT2D eigenvalue weighted by molar-refractivity contribution is 5.89. The number of hydrogen-bond donors (Lipinski definition) is 1. The summed E-state index contributed by atoms with van der Waals surface area (Å²) in [6, 6.07) is 14.4. The minimum Gasteiger partial charge on any atom is -0.391 e. The first kappa shape index (κ1) is 21.2. The number of aromatic nitrogens is 4. The Labute approximate surface area is 196 Å². The van der Waals surface area contributed by atoms with Gasteiger partial charge in [0, 0.05) is 26.7 Å². The monoisotopic (exact) mass is 459 g/mol. The van der Waals surface area contributed by atoms with Crippen molar-refractivity contribution >= 4 is 27.6 Å². The van der Waals surface area contributed by atoms with Gasteiger partial charge in [0.05, 0.1) is 12.6 Å². The van der Waals surface area contributed by atoms with E-state index in [1.807, 2.05) is 22.9 Å². The number of hydrogen-bond acceptors (Lipinski definition) is 5. The number of benzene rings is 2. The molecule has 0 amide bonds. The predicted molar refractivity (Wildman–Crippen MR) is 132 cm³/mol. The summed E-state index contributed by atoms with van der Waals surface area (Å²) >= 11 is 0. The average Bonchev–Trinajstić information content (AvgIpc) is 3.59. The summed E-state index contributed by atoms with van der Waals surface area (Å²) in [7, 11) is 1.55. The maximum absolute atomic E-state index is 13.4. The molecule has 1 saturated carbocycles. The summed E-state index contributed by atoms with van der Waals surface area (Å²) in [5, 5.41) is 18.1. The third-order valence-corrected chi connectivity index (χ3v) is 7.23. The largest absolute Gasteiger partial charge is 0.391 e. The Kier molecular flexibility index (Phi) is 5.06. The Morgan fingerprint density at radius 3 is 2.65 bits per heavy atom. The van der Waals surface area contributed by atoms with Crippen LogP contribution in [0.4, 0.5) is 5.82 Å². The van der Waals surface area contributed by atoms with Crippen LogP contribution in [-0.4, -0.2) is 43.2 Å². The van der Waals surface area contributed by atoms with Crippen molar-refractivity contribution in [2.24, 2.45) is 13.0 Å². The van der Waals surface area contributed by atoms with Gasteiger partial charge >= 0.3 is 5.69 Å². The smallest absolute Gasteiger partial charge is 0.332 e. The second kappa shape index (κ2) is 8.13. The third kappa shape index (κ3) is 3.53. The maximum atomic E-state index is 13.4. The zero-order valence-corrected chi connectivity index (χ0v) is 19.4. The van der Waals surface area contributed by atoms with Crippen LogP contribution in [0.15, 0.2) is 52.1 Å². The molecule has 4 aromatic rings. The summed E-state index contributed by atoms with van der Waals surface area (Å²) in [4.78, 5) is 28.6. The molecule has 1 N–H and O–H groups in total. The predicted octanol–water partition coefficient (Wildman–Crippen LogP) is 2.47. The number of aliphatic hydroxyl groups excluding tert-OH is 1. The number of anilines is 1. The molecule has 1 atom stereocenters. The molecule has 1 saturated heterocycles. The lowest BCUT2D eigenvalue weighted by Crippen LogP contribution is -2.41. The van der Waals surface area contributed by atoms with Crippen LogP contribution in [0.3, 0.4) is 0 Å². The van der Waals surface area contributed by atoms with Crippen molar-refractivity contribution in [2.45, 2.75) is 44.9 Å². The van der Waals surface area contributed by atoms with Crippen LogP contribution in [0.2, 0.25) is 0 Å². The van der Waals surface area contributed by atoms with E-state index in [2.05, 4.69) is 29.2 Å². The van der Waals surface area contributed by atoms with Gasteiger partial charge in [0.1, 0.15) is 11.2 Å². The molecule has 176 valence electrons. The minimum atomic E-state index is -0.453. The van der Waals surface area contributed by atoms with E-state index in [4.69, 9.17) is 5.10 Å². The zero-order valence-electron chi connectivity index (χ0n) is 19.4. The summed E-state index contributed by atoms with van der Waals surface area (Å²) < 4.78 is 4.76. The Bertz CT molecular complexity index is 1510. The topological polar surface area (TPSA) is 85.3 Å². The number of β-amino-alcohol motifs (C(OH)–C–C–N with tert-alkyl or cyclic N) is 1. The summed E-state index contributed by atoms with van der Waals surface area (Å²) in [6.07, 6.45) is 3.32. The molecule has 1 aliphatic carbocycles. The fraction of sp³-hybridized carbons (Fsp3) is 0.423. The Hall–Kier alpha value is -3.39. The van der Waals surface area contributed by atoms with E-state index >= 15 is 0 Å². The quantitative estimate of drug-likeness (QED) is 0.496. The van der Waals surface area contributed by atoms with Gasteiger partial charge in [-0.2, -0.15) is 5.10 Å². The van der Waals surface area contributed by atoms with Gasteiger partial charge < -0.3 is 10.0 Å². The van der Waals surface area contributed by atoms with E-state index in [1.54, 1.807) is 11.6 Å². The molecule has 2 aromatic heterocycles. The molecule has 2 aliphatic rings. The maximum Gasteiger partial charge on any atom is 0.332 e. The van der Waals surface area contributed by atoms with Crippen LogP contribution in [-0.2, 0) is 20.1 Å². The fourth-order valence-electron chi connectivity index (χ4n) is 5.24. The Morgan fingerprint density at radius 1 is 1.06 bits per heavy atom. The summed E-state index contributed by atoms with van der Waals surface area (Å²) in [5.41, 5.74) is 0.906. The van der Waals surface area contributed by atoms with E-state index in [1.165, 1.54) is 4.57 Å². The van der Waals surface area contributed by atoms with E-state index in [-0.39, 0.29) is 11.2 Å². The Balaban J connectivity index is 1.59. The summed E-state index contributed by atoms with van der Waals surface area (Å²) in [5.74, 6) is 1.16. The van der Waals surface area contributed by atoms with Gasteiger partial charge in [-0.05, 0) is 47.9 Å². The first-order valence-corrected chi connectivity index (χ1v) is 12.1. The van der Waals surface area contributed by atoms with Crippen molar-refractivity contribution in [2.75, 3.05) is 18.0 Å². The van der Waals surface area contributed by atoms with Crippen molar-refractivity contribution in [3.8, 4) is 0 Å². The number of nitrogens with zero attached hydrogens (tertiary/aromatic N) is 5. The van der Waals surface area contributed by atoms with Gasteiger partial charge in [0.25, 0.3) is 5.56 Å². The van der Waals surface area contributed by atoms with Gasteiger partial charge in [-0.1, -0.05) is 42.5 Å². The highest BCUT2D eigenvalue weighted by atomic mass is 16.3. The molecular formula is C26H29N5O3. The lowest BCUT2D eigenvalue weighted by atomic mass is 10.0. The number of fused-ring (bicyclic) bond motifs is 2. The zero-order chi connectivity index (χ0) is 23.4. The molecular weight excluding hydrogens is 430 g/mol. The van der Waals surface area contributed by atoms with Gasteiger partial charge in [-0.3, -0.25) is 13.9 Å². The summed E-state index contributed by atoms with van der Waals surface area (Å²) in [6.45, 7) is 2.23. The van der Waals surface area contributed by atoms with Crippen LogP contribution in [0.1, 0.15) is 31.2 Å². The fourth-order valence-corrected chi connectivity index (χ4v) is 5.24. The van der Waals surface area contributed by atoms with E-state index in [0.717, 1.165) is 48.6 Å². The third-order valence-electron chi connectivity index (χ3n) is 7.23. The first-order valence-electron chi connectivity index (χ1n) is 12.1. The molecule has 8 heteroatoms. The van der Waals surface area contributed by atoms with Crippen LogP contribution >= 0.6 is 0 Å². The van der Waals surface area contributed by atoms with Crippen LogP contribution in [0.25, 0.3) is 21.8 Å². The van der Waals surface area contributed by atoms with Crippen LogP contribution in [0, 0.1) is 5.92 Å². The van der Waals surface area contributed by atoms with Gasteiger partial charge in [0.15, 0.2) is 5.65 Å². The highest BCUT2D eigenvalue weighted by Crippen LogP contribution is 2.33. The molecule has 3 heterocycles. The molecule has 1 aliphatic heterocycles. The molecule has 0 radical (unpaired) electrons. The lowest BCUT2D eigenvalue weighted by molar-refractivity contribution is 0.153. The van der Waals surface area contributed by atoms with Crippen molar-refractivity contribution in [3.05, 3.63) is 68.9 Å². The molecule has 8 nitrogen and oxygen atoms in total.